The molecular weight excluding hydrogens is 316 g/mol. The predicted molar refractivity (Wildman–Crippen MR) is 81.9 cm³/mol. The number of anilines is 1. The summed E-state index contributed by atoms with van der Waals surface area (Å²) in [7, 11) is 0. The molecule has 3 nitrogen and oxygen atoms in total. The molecular formula is C15H12Cl2FNO2. The third kappa shape index (κ3) is 3.46. The second kappa shape index (κ2) is 6.33. The van der Waals surface area contributed by atoms with Gasteiger partial charge in [-0.2, -0.15) is 0 Å². The summed E-state index contributed by atoms with van der Waals surface area (Å²) in [5, 5.41) is 12.9. The fourth-order valence-electron chi connectivity index (χ4n) is 2.00. The molecule has 110 valence electrons. The first-order chi connectivity index (χ1) is 9.90. The van der Waals surface area contributed by atoms with Crippen LogP contribution in [-0.2, 0) is 0 Å². The summed E-state index contributed by atoms with van der Waals surface area (Å²) >= 11 is 11.9. The number of hydrogen-bond donors (Lipinski definition) is 2. The summed E-state index contributed by atoms with van der Waals surface area (Å²) in [5.74, 6) is -1.83. The third-order valence-corrected chi connectivity index (χ3v) is 3.60. The molecule has 0 fully saturated rings. The maximum atomic E-state index is 13.9. The van der Waals surface area contributed by atoms with Crippen LogP contribution in [-0.4, -0.2) is 11.1 Å². The number of carboxylic acids is 1. The van der Waals surface area contributed by atoms with Crippen molar-refractivity contribution in [1.29, 1.82) is 0 Å². The van der Waals surface area contributed by atoms with Crippen molar-refractivity contribution in [2.45, 2.75) is 13.0 Å². The summed E-state index contributed by atoms with van der Waals surface area (Å²) in [6.45, 7) is 1.76. The van der Waals surface area contributed by atoms with E-state index in [9.17, 15) is 9.18 Å². The van der Waals surface area contributed by atoms with Gasteiger partial charge in [-0.1, -0.05) is 35.3 Å². The molecule has 0 heterocycles. The molecule has 0 saturated carbocycles. The van der Waals surface area contributed by atoms with E-state index in [4.69, 9.17) is 28.3 Å². The standard InChI is InChI=1S/C15H12Cl2FNO2/c1-8(10-6-5-9(16)7-12(10)17)19-14-11(15(20)21)3-2-4-13(14)18/h2-8,19H,1H3,(H,20,21). The molecule has 0 aromatic heterocycles. The highest BCUT2D eigenvalue weighted by atomic mass is 35.5. The Morgan fingerprint density at radius 3 is 2.62 bits per heavy atom. The van der Waals surface area contributed by atoms with Gasteiger partial charge in [-0.3, -0.25) is 0 Å². The summed E-state index contributed by atoms with van der Waals surface area (Å²) in [6.07, 6.45) is 0. The summed E-state index contributed by atoms with van der Waals surface area (Å²) in [5.41, 5.74) is 0.496. The molecule has 2 aromatic rings. The second-order valence-corrected chi connectivity index (χ2v) is 5.34. The van der Waals surface area contributed by atoms with Gasteiger partial charge in [0.05, 0.1) is 17.3 Å². The van der Waals surface area contributed by atoms with Crippen molar-refractivity contribution in [2.75, 3.05) is 5.32 Å². The van der Waals surface area contributed by atoms with Gasteiger partial charge >= 0.3 is 5.97 Å². The Morgan fingerprint density at radius 1 is 1.29 bits per heavy atom. The van der Waals surface area contributed by atoms with E-state index in [-0.39, 0.29) is 17.3 Å². The molecule has 0 aliphatic carbocycles. The Labute approximate surface area is 131 Å². The highest BCUT2D eigenvalue weighted by Gasteiger charge is 2.18. The predicted octanol–water partition coefficient (Wildman–Crippen LogP) is 5.00. The first kappa shape index (κ1) is 15.6. The Balaban J connectivity index is 2.36. The smallest absolute Gasteiger partial charge is 0.337 e. The SMILES string of the molecule is CC(Nc1c(F)cccc1C(=O)O)c1ccc(Cl)cc1Cl. The molecule has 0 aliphatic heterocycles. The van der Waals surface area contributed by atoms with Gasteiger partial charge < -0.3 is 10.4 Å². The lowest BCUT2D eigenvalue weighted by Gasteiger charge is -2.19. The lowest BCUT2D eigenvalue weighted by molar-refractivity contribution is 0.0697. The molecule has 0 bridgehead atoms. The van der Waals surface area contributed by atoms with Crippen LogP contribution < -0.4 is 5.32 Å². The number of aromatic carboxylic acids is 1. The van der Waals surface area contributed by atoms with E-state index >= 15 is 0 Å². The first-order valence-electron chi connectivity index (χ1n) is 6.13. The summed E-state index contributed by atoms with van der Waals surface area (Å²) < 4.78 is 13.9. The van der Waals surface area contributed by atoms with E-state index < -0.39 is 11.8 Å². The zero-order valence-corrected chi connectivity index (χ0v) is 12.5. The van der Waals surface area contributed by atoms with Crippen molar-refractivity contribution in [3.8, 4) is 0 Å². The molecule has 6 heteroatoms. The fraction of sp³-hybridized carbons (Fsp3) is 0.133. The highest BCUT2D eigenvalue weighted by molar-refractivity contribution is 6.35. The minimum atomic E-state index is -1.20. The number of para-hydroxylation sites is 1. The molecule has 2 rings (SSSR count). The van der Waals surface area contributed by atoms with Crippen LogP contribution in [0.3, 0.4) is 0 Å². The van der Waals surface area contributed by atoms with Crippen LogP contribution in [0.5, 0.6) is 0 Å². The van der Waals surface area contributed by atoms with Crippen molar-refractivity contribution in [3.05, 3.63) is 63.4 Å². The van der Waals surface area contributed by atoms with Gasteiger partial charge in [0.15, 0.2) is 0 Å². The van der Waals surface area contributed by atoms with E-state index in [0.29, 0.717) is 15.6 Å². The zero-order valence-electron chi connectivity index (χ0n) is 11.0. The van der Waals surface area contributed by atoms with Crippen LogP contribution in [0.15, 0.2) is 36.4 Å². The topological polar surface area (TPSA) is 49.3 Å². The van der Waals surface area contributed by atoms with Crippen LogP contribution in [0.25, 0.3) is 0 Å². The van der Waals surface area contributed by atoms with Crippen LogP contribution in [0.4, 0.5) is 10.1 Å². The molecule has 2 N–H and O–H groups in total. The molecule has 1 unspecified atom stereocenters. The Kier molecular flexibility index (Phi) is 4.70. The van der Waals surface area contributed by atoms with E-state index in [1.165, 1.54) is 18.2 Å². The number of halogens is 3. The van der Waals surface area contributed by atoms with Crippen molar-refractivity contribution >= 4 is 34.9 Å². The molecule has 1 atom stereocenters. The highest BCUT2D eigenvalue weighted by Crippen LogP contribution is 2.30. The van der Waals surface area contributed by atoms with Gasteiger partial charge in [-0.15, -0.1) is 0 Å². The largest absolute Gasteiger partial charge is 0.478 e. The number of nitrogens with one attached hydrogen (secondary N) is 1. The average Bonchev–Trinajstić information content (AvgIpc) is 2.40. The minimum Gasteiger partial charge on any atom is -0.478 e. The zero-order chi connectivity index (χ0) is 15.6. The molecule has 0 saturated heterocycles. The van der Waals surface area contributed by atoms with Gasteiger partial charge in [-0.05, 0) is 36.8 Å². The van der Waals surface area contributed by atoms with Gasteiger partial charge in [0.2, 0.25) is 0 Å². The van der Waals surface area contributed by atoms with Crippen molar-refractivity contribution in [3.63, 3.8) is 0 Å². The van der Waals surface area contributed by atoms with Crippen LogP contribution in [0.2, 0.25) is 10.0 Å². The van der Waals surface area contributed by atoms with Crippen LogP contribution in [0.1, 0.15) is 28.9 Å². The monoisotopic (exact) mass is 327 g/mol. The van der Waals surface area contributed by atoms with E-state index in [1.54, 1.807) is 25.1 Å². The van der Waals surface area contributed by atoms with E-state index in [1.807, 2.05) is 0 Å². The van der Waals surface area contributed by atoms with Crippen LogP contribution in [0, 0.1) is 5.82 Å². The van der Waals surface area contributed by atoms with Gasteiger partial charge in [0, 0.05) is 10.0 Å². The molecule has 21 heavy (non-hydrogen) atoms. The van der Waals surface area contributed by atoms with Gasteiger partial charge in [0.1, 0.15) is 5.82 Å². The Morgan fingerprint density at radius 2 is 2.00 bits per heavy atom. The molecule has 2 aromatic carbocycles. The molecule has 0 aliphatic rings. The number of hydrogen-bond acceptors (Lipinski definition) is 2. The quantitative estimate of drug-likeness (QED) is 0.830. The van der Waals surface area contributed by atoms with Gasteiger partial charge in [-0.25, -0.2) is 9.18 Å². The number of rotatable bonds is 4. The van der Waals surface area contributed by atoms with E-state index in [2.05, 4.69) is 5.32 Å². The normalized spacial score (nSPS) is 12.0. The molecule has 0 amide bonds. The Bertz CT molecular complexity index is 691. The maximum absolute atomic E-state index is 13.9. The molecule has 0 radical (unpaired) electrons. The number of benzene rings is 2. The maximum Gasteiger partial charge on any atom is 0.337 e. The third-order valence-electron chi connectivity index (χ3n) is 3.03. The van der Waals surface area contributed by atoms with Gasteiger partial charge in [0.25, 0.3) is 0 Å². The average molecular weight is 328 g/mol. The van der Waals surface area contributed by atoms with Crippen LogP contribution >= 0.6 is 23.2 Å². The lowest BCUT2D eigenvalue weighted by atomic mass is 10.1. The Hall–Kier alpha value is -1.78. The number of carbonyl (C=O) groups is 1. The summed E-state index contributed by atoms with van der Waals surface area (Å²) in [6, 6.07) is 8.46. The summed E-state index contributed by atoms with van der Waals surface area (Å²) in [4.78, 5) is 11.2. The minimum absolute atomic E-state index is 0.0662. The van der Waals surface area contributed by atoms with Crippen molar-refractivity contribution in [2.24, 2.45) is 0 Å². The van der Waals surface area contributed by atoms with Crippen molar-refractivity contribution < 1.29 is 14.3 Å². The first-order valence-corrected chi connectivity index (χ1v) is 6.89. The number of carboxylic acid groups (broad SMARTS) is 1. The molecule has 0 spiro atoms. The second-order valence-electron chi connectivity index (χ2n) is 4.50. The fourth-order valence-corrected chi connectivity index (χ4v) is 2.57. The lowest BCUT2D eigenvalue weighted by Crippen LogP contribution is -2.12. The van der Waals surface area contributed by atoms with Crippen molar-refractivity contribution in [1.82, 2.24) is 0 Å². The van der Waals surface area contributed by atoms with E-state index in [0.717, 1.165) is 0 Å².